The van der Waals surface area contributed by atoms with Crippen molar-refractivity contribution < 1.29 is 9.53 Å². The van der Waals surface area contributed by atoms with Gasteiger partial charge in [-0.1, -0.05) is 48.5 Å². The van der Waals surface area contributed by atoms with Crippen LogP contribution in [0.2, 0.25) is 0 Å². The predicted molar refractivity (Wildman–Crippen MR) is 102 cm³/mol. The van der Waals surface area contributed by atoms with Gasteiger partial charge in [0.25, 0.3) is 0 Å². The number of nitrogens with one attached hydrogen (secondary N) is 1. The van der Waals surface area contributed by atoms with Crippen molar-refractivity contribution in [2.75, 3.05) is 11.9 Å². The molecule has 1 aliphatic rings. The highest BCUT2D eigenvalue weighted by Gasteiger charge is 2.31. The van der Waals surface area contributed by atoms with Crippen molar-refractivity contribution in [1.29, 1.82) is 0 Å². The van der Waals surface area contributed by atoms with E-state index in [1.165, 1.54) is 4.88 Å². The Morgan fingerprint density at radius 2 is 1.88 bits per heavy atom. The van der Waals surface area contributed by atoms with E-state index in [0.717, 1.165) is 28.1 Å². The number of amides is 1. The van der Waals surface area contributed by atoms with Gasteiger partial charge in [0.05, 0.1) is 12.3 Å². The maximum Gasteiger partial charge on any atom is 0.225 e. The number of hydrogen-bond acceptors (Lipinski definition) is 3. The van der Waals surface area contributed by atoms with Crippen LogP contribution < -0.4 is 10.1 Å². The van der Waals surface area contributed by atoms with Gasteiger partial charge in [-0.05, 0) is 18.6 Å². The molecule has 4 heteroatoms. The molecular weight excluding hydrogens is 330 g/mol. The van der Waals surface area contributed by atoms with E-state index in [1.54, 1.807) is 11.3 Å². The minimum atomic E-state index is 0.0361. The average molecular weight is 349 g/mol. The van der Waals surface area contributed by atoms with Gasteiger partial charge in [0.15, 0.2) is 0 Å². The molecule has 1 aliphatic heterocycles. The number of fused-ring (bicyclic) bond motifs is 1. The summed E-state index contributed by atoms with van der Waals surface area (Å²) in [6.07, 6.45) is 0.450. The second-order valence-electron chi connectivity index (χ2n) is 6.03. The van der Waals surface area contributed by atoms with Crippen molar-refractivity contribution in [3.63, 3.8) is 0 Å². The van der Waals surface area contributed by atoms with Gasteiger partial charge in [0, 0.05) is 33.7 Å². The van der Waals surface area contributed by atoms with Gasteiger partial charge in [-0.3, -0.25) is 4.79 Å². The third-order valence-electron chi connectivity index (χ3n) is 4.47. The second kappa shape index (κ2) is 6.73. The monoisotopic (exact) mass is 349 g/mol. The SMILES string of the molecule is CCOc1ccccc1[C@@H]1CC(=O)Nc2c(-c3ccccc3)csc21. The van der Waals surface area contributed by atoms with E-state index >= 15 is 0 Å². The lowest BCUT2D eigenvalue weighted by molar-refractivity contribution is -0.116. The molecule has 0 aliphatic carbocycles. The lowest BCUT2D eigenvalue weighted by Crippen LogP contribution is -2.22. The Bertz CT molecular complexity index is 901. The molecule has 0 bridgehead atoms. The summed E-state index contributed by atoms with van der Waals surface area (Å²) in [5.74, 6) is 0.957. The topological polar surface area (TPSA) is 38.3 Å². The fraction of sp³-hybridized carbons (Fsp3) is 0.190. The van der Waals surface area contributed by atoms with Crippen LogP contribution >= 0.6 is 11.3 Å². The van der Waals surface area contributed by atoms with Crippen molar-refractivity contribution in [2.45, 2.75) is 19.3 Å². The van der Waals surface area contributed by atoms with Crippen molar-refractivity contribution in [3.05, 3.63) is 70.4 Å². The maximum atomic E-state index is 12.4. The maximum absolute atomic E-state index is 12.4. The molecule has 0 saturated heterocycles. The summed E-state index contributed by atoms with van der Waals surface area (Å²) < 4.78 is 5.80. The van der Waals surface area contributed by atoms with Gasteiger partial charge in [-0.2, -0.15) is 0 Å². The molecule has 3 nitrogen and oxygen atoms in total. The fourth-order valence-corrected chi connectivity index (χ4v) is 4.52. The summed E-state index contributed by atoms with van der Waals surface area (Å²) in [6.45, 7) is 2.59. The summed E-state index contributed by atoms with van der Waals surface area (Å²) in [5.41, 5.74) is 4.25. The zero-order valence-electron chi connectivity index (χ0n) is 14.0. The molecule has 3 aromatic rings. The van der Waals surface area contributed by atoms with Crippen molar-refractivity contribution in [2.24, 2.45) is 0 Å². The molecule has 1 atom stereocenters. The highest BCUT2D eigenvalue weighted by atomic mass is 32.1. The van der Waals surface area contributed by atoms with Gasteiger partial charge in [-0.25, -0.2) is 0 Å². The molecule has 126 valence electrons. The van der Waals surface area contributed by atoms with E-state index < -0.39 is 0 Å². The fourth-order valence-electron chi connectivity index (χ4n) is 3.36. The van der Waals surface area contributed by atoms with Crippen LogP contribution in [0.4, 0.5) is 5.69 Å². The molecule has 1 N–H and O–H groups in total. The minimum Gasteiger partial charge on any atom is -0.494 e. The smallest absolute Gasteiger partial charge is 0.225 e. The number of ether oxygens (including phenoxy) is 1. The first-order valence-corrected chi connectivity index (χ1v) is 9.34. The molecule has 0 saturated carbocycles. The lowest BCUT2D eigenvalue weighted by atomic mass is 9.88. The Hall–Kier alpha value is -2.59. The standard InChI is InChI=1S/C21H19NO2S/c1-2-24-18-11-7-6-10-15(18)16-12-19(23)22-20-17(13-25-21(16)20)14-8-4-3-5-9-14/h3-11,13,16H,2,12H2,1H3,(H,22,23)/t16-/m0/s1. The minimum absolute atomic E-state index is 0.0361. The van der Waals surface area contributed by atoms with E-state index in [4.69, 9.17) is 4.74 Å². The van der Waals surface area contributed by atoms with Crippen molar-refractivity contribution in [1.82, 2.24) is 0 Å². The molecular formula is C21H19NO2S. The van der Waals surface area contributed by atoms with E-state index in [2.05, 4.69) is 28.9 Å². The van der Waals surface area contributed by atoms with Crippen LogP contribution in [-0.4, -0.2) is 12.5 Å². The molecule has 0 unspecified atom stereocenters. The van der Waals surface area contributed by atoms with Crippen LogP contribution in [-0.2, 0) is 4.79 Å². The van der Waals surface area contributed by atoms with Gasteiger partial charge in [0.1, 0.15) is 5.75 Å². The molecule has 25 heavy (non-hydrogen) atoms. The Morgan fingerprint density at radius 1 is 1.12 bits per heavy atom. The van der Waals surface area contributed by atoms with Gasteiger partial charge in [-0.15, -0.1) is 11.3 Å². The lowest BCUT2D eigenvalue weighted by Gasteiger charge is -2.25. The Labute approximate surface area is 151 Å². The van der Waals surface area contributed by atoms with Crippen molar-refractivity contribution >= 4 is 22.9 Å². The molecule has 1 aromatic heterocycles. The van der Waals surface area contributed by atoms with Gasteiger partial charge < -0.3 is 10.1 Å². The number of benzene rings is 2. The van der Waals surface area contributed by atoms with Crippen LogP contribution in [0.1, 0.15) is 29.7 Å². The molecule has 1 amide bonds. The van der Waals surface area contributed by atoms with E-state index in [0.29, 0.717) is 13.0 Å². The Kier molecular flexibility index (Phi) is 4.28. The van der Waals surface area contributed by atoms with Crippen molar-refractivity contribution in [3.8, 4) is 16.9 Å². The summed E-state index contributed by atoms with van der Waals surface area (Å²) >= 11 is 1.71. The predicted octanol–water partition coefficient (Wildman–Crippen LogP) is 5.29. The molecule has 2 aromatic carbocycles. The molecule has 0 fully saturated rings. The van der Waals surface area contributed by atoms with Crippen LogP contribution in [0.25, 0.3) is 11.1 Å². The quantitative estimate of drug-likeness (QED) is 0.695. The number of carbonyl (C=O) groups is 1. The molecule has 0 spiro atoms. The van der Waals surface area contributed by atoms with Gasteiger partial charge >= 0.3 is 0 Å². The Balaban J connectivity index is 1.82. The average Bonchev–Trinajstić information content (AvgIpc) is 3.06. The zero-order valence-corrected chi connectivity index (χ0v) is 14.8. The van der Waals surface area contributed by atoms with Gasteiger partial charge in [0.2, 0.25) is 5.91 Å². The van der Waals surface area contributed by atoms with E-state index in [-0.39, 0.29) is 11.8 Å². The van der Waals surface area contributed by atoms with Crippen LogP contribution in [0.15, 0.2) is 60.0 Å². The summed E-state index contributed by atoms with van der Waals surface area (Å²) in [7, 11) is 0. The largest absolute Gasteiger partial charge is 0.494 e. The number of thiophene rings is 1. The highest BCUT2D eigenvalue weighted by Crippen LogP contribution is 2.48. The number of hydrogen-bond donors (Lipinski definition) is 1. The number of carbonyl (C=O) groups excluding carboxylic acids is 1. The zero-order chi connectivity index (χ0) is 17.2. The summed E-state index contributed by atoms with van der Waals surface area (Å²) in [6, 6.07) is 18.2. The molecule has 4 rings (SSSR count). The van der Waals surface area contributed by atoms with Crippen LogP contribution in [0, 0.1) is 0 Å². The summed E-state index contributed by atoms with van der Waals surface area (Å²) in [5, 5.41) is 5.23. The van der Waals surface area contributed by atoms with E-state index in [1.807, 2.05) is 43.3 Å². The molecule has 2 heterocycles. The first-order chi connectivity index (χ1) is 12.3. The first kappa shape index (κ1) is 15.9. The first-order valence-electron chi connectivity index (χ1n) is 8.46. The number of para-hydroxylation sites is 1. The third kappa shape index (κ3) is 2.94. The van der Waals surface area contributed by atoms with Crippen LogP contribution in [0.3, 0.4) is 0 Å². The summed E-state index contributed by atoms with van der Waals surface area (Å²) in [4.78, 5) is 13.6. The number of rotatable bonds is 4. The number of anilines is 1. The van der Waals surface area contributed by atoms with E-state index in [9.17, 15) is 4.79 Å². The Morgan fingerprint density at radius 3 is 2.68 bits per heavy atom. The van der Waals surface area contributed by atoms with Crippen LogP contribution in [0.5, 0.6) is 5.75 Å². The normalized spacial score (nSPS) is 16.2. The second-order valence-corrected chi connectivity index (χ2v) is 6.94. The molecule has 0 radical (unpaired) electrons. The third-order valence-corrected chi connectivity index (χ3v) is 5.57. The highest BCUT2D eigenvalue weighted by molar-refractivity contribution is 7.11.